The average molecular weight is 272 g/mol. The number of pyridine rings is 1. The molecule has 0 saturated heterocycles. The highest BCUT2D eigenvalue weighted by molar-refractivity contribution is 7.92. The number of carboxylic acid groups (broad SMARTS) is 1. The minimum atomic E-state index is -3.56. The Kier molecular flexibility index (Phi) is 4.28. The van der Waals surface area contributed by atoms with E-state index in [1.54, 1.807) is 19.1 Å². The van der Waals surface area contributed by atoms with Crippen LogP contribution in [0.2, 0.25) is 0 Å². The molecule has 7 heteroatoms. The smallest absolute Gasteiger partial charge is 0.308 e. The van der Waals surface area contributed by atoms with Gasteiger partial charge in [0.15, 0.2) is 0 Å². The number of aromatic nitrogens is 1. The zero-order valence-corrected chi connectivity index (χ0v) is 11.3. The number of sulfonamides is 1. The first-order valence-corrected chi connectivity index (χ1v) is 7.20. The standard InChI is InChI=1S/C11H16N2O4S/c1-8-5-4-6-12-10(8)13(18(3,16)17)7-9(2)11(14)15/h4-6,9H,7H2,1-3H3,(H,14,15). The highest BCUT2D eigenvalue weighted by Gasteiger charge is 2.25. The lowest BCUT2D eigenvalue weighted by Crippen LogP contribution is -2.37. The van der Waals surface area contributed by atoms with Gasteiger partial charge in [-0.05, 0) is 18.6 Å². The lowest BCUT2D eigenvalue weighted by molar-refractivity contribution is -0.140. The summed E-state index contributed by atoms with van der Waals surface area (Å²) in [6, 6.07) is 3.42. The predicted molar refractivity (Wildman–Crippen MR) is 68.0 cm³/mol. The van der Waals surface area contributed by atoms with E-state index in [0.29, 0.717) is 5.56 Å². The molecule has 100 valence electrons. The van der Waals surface area contributed by atoms with Crippen LogP contribution < -0.4 is 4.31 Å². The monoisotopic (exact) mass is 272 g/mol. The number of hydrogen-bond acceptors (Lipinski definition) is 4. The Morgan fingerprint density at radius 2 is 2.17 bits per heavy atom. The van der Waals surface area contributed by atoms with E-state index in [1.165, 1.54) is 13.1 Å². The van der Waals surface area contributed by atoms with E-state index in [2.05, 4.69) is 4.98 Å². The number of aryl methyl sites for hydroxylation is 1. The Morgan fingerprint density at radius 1 is 1.56 bits per heavy atom. The van der Waals surface area contributed by atoms with Gasteiger partial charge in [0.25, 0.3) is 0 Å². The lowest BCUT2D eigenvalue weighted by atomic mass is 10.2. The summed E-state index contributed by atoms with van der Waals surface area (Å²) in [5.74, 6) is -1.58. The average Bonchev–Trinajstić information content (AvgIpc) is 2.25. The van der Waals surface area contributed by atoms with Crippen molar-refractivity contribution in [1.82, 2.24) is 4.98 Å². The summed E-state index contributed by atoms with van der Waals surface area (Å²) in [5, 5.41) is 8.87. The molecule has 0 radical (unpaired) electrons. The second-order valence-electron chi connectivity index (χ2n) is 4.18. The third-order valence-electron chi connectivity index (χ3n) is 2.48. The molecule has 6 nitrogen and oxygen atoms in total. The molecular formula is C11H16N2O4S. The summed E-state index contributed by atoms with van der Waals surface area (Å²) >= 11 is 0. The number of aliphatic carboxylic acids is 1. The summed E-state index contributed by atoms with van der Waals surface area (Å²) < 4.78 is 24.5. The van der Waals surface area contributed by atoms with Crippen LogP contribution in [0.15, 0.2) is 18.3 Å². The summed E-state index contributed by atoms with van der Waals surface area (Å²) in [4.78, 5) is 14.8. The Hall–Kier alpha value is -1.63. The third-order valence-corrected chi connectivity index (χ3v) is 3.60. The topological polar surface area (TPSA) is 87.6 Å². The first-order valence-electron chi connectivity index (χ1n) is 5.35. The van der Waals surface area contributed by atoms with E-state index >= 15 is 0 Å². The number of anilines is 1. The molecule has 0 aliphatic rings. The van der Waals surface area contributed by atoms with Gasteiger partial charge in [0.05, 0.1) is 12.2 Å². The maximum atomic E-state index is 11.7. The molecule has 18 heavy (non-hydrogen) atoms. The first-order chi connectivity index (χ1) is 8.23. The largest absolute Gasteiger partial charge is 0.481 e. The summed E-state index contributed by atoms with van der Waals surface area (Å²) in [5.41, 5.74) is 0.681. The molecule has 1 rings (SSSR count). The maximum absolute atomic E-state index is 11.7. The second-order valence-corrected chi connectivity index (χ2v) is 6.08. The normalized spacial score (nSPS) is 13.1. The number of carboxylic acids is 1. The van der Waals surface area contributed by atoms with E-state index in [4.69, 9.17) is 5.11 Å². The zero-order valence-electron chi connectivity index (χ0n) is 10.5. The van der Waals surface area contributed by atoms with E-state index in [0.717, 1.165) is 10.6 Å². The maximum Gasteiger partial charge on any atom is 0.308 e. The van der Waals surface area contributed by atoms with Crippen molar-refractivity contribution in [3.05, 3.63) is 23.9 Å². The van der Waals surface area contributed by atoms with Crippen LogP contribution in [0.3, 0.4) is 0 Å². The van der Waals surface area contributed by atoms with Crippen molar-refractivity contribution in [3.8, 4) is 0 Å². The molecule has 1 N–H and O–H groups in total. The highest BCUT2D eigenvalue weighted by atomic mass is 32.2. The van der Waals surface area contributed by atoms with Gasteiger partial charge in [-0.3, -0.25) is 9.10 Å². The van der Waals surface area contributed by atoms with E-state index < -0.39 is 21.9 Å². The van der Waals surface area contributed by atoms with Crippen LogP contribution in [0, 0.1) is 12.8 Å². The molecule has 1 unspecified atom stereocenters. The summed E-state index contributed by atoms with van der Waals surface area (Å²) in [6.07, 6.45) is 2.52. The SMILES string of the molecule is Cc1cccnc1N(CC(C)C(=O)O)S(C)(=O)=O. The minimum absolute atomic E-state index is 0.133. The lowest BCUT2D eigenvalue weighted by Gasteiger charge is -2.24. The zero-order chi connectivity index (χ0) is 13.9. The Morgan fingerprint density at radius 3 is 2.61 bits per heavy atom. The molecule has 1 aromatic rings. The number of nitrogens with zero attached hydrogens (tertiary/aromatic N) is 2. The van der Waals surface area contributed by atoms with Crippen molar-refractivity contribution in [3.63, 3.8) is 0 Å². The van der Waals surface area contributed by atoms with Crippen molar-refractivity contribution in [2.75, 3.05) is 17.1 Å². The van der Waals surface area contributed by atoms with Crippen molar-refractivity contribution < 1.29 is 18.3 Å². The van der Waals surface area contributed by atoms with E-state index in [-0.39, 0.29) is 12.4 Å². The van der Waals surface area contributed by atoms with Crippen molar-refractivity contribution in [1.29, 1.82) is 0 Å². The highest BCUT2D eigenvalue weighted by Crippen LogP contribution is 2.20. The Balaban J connectivity index is 3.16. The molecule has 1 heterocycles. The van der Waals surface area contributed by atoms with Crippen LogP contribution in [0.4, 0.5) is 5.82 Å². The van der Waals surface area contributed by atoms with Gasteiger partial charge in [0.1, 0.15) is 5.82 Å². The van der Waals surface area contributed by atoms with Crippen molar-refractivity contribution in [2.45, 2.75) is 13.8 Å². The van der Waals surface area contributed by atoms with Crippen LogP contribution in [-0.2, 0) is 14.8 Å². The Bertz CT molecular complexity index is 542. The van der Waals surface area contributed by atoms with E-state index in [1.807, 2.05) is 0 Å². The van der Waals surface area contributed by atoms with Crippen LogP contribution in [0.1, 0.15) is 12.5 Å². The second kappa shape index (κ2) is 5.34. The number of carbonyl (C=O) groups is 1. The van der Waals surface area contributed by atoms with Crippen molar-refractivity contribution in [2.24, 2.45) is 5.92 Å². The minimum Gasteiger partial charge on any atom is -0.481 e. The molecule has 0 saturated carbocycles. The molecule has 1 atom stereocenters. The van der Waals surface area contributed by atoms with Gasteiger partial charge in [0, 0.05) is 12.7 Å². The van der Waals surface area contributed by atoms with E-state index in [9.17, 15) is 13.2 Å². The van der Waals surface area contributed by atoms with Crippen LogP contribution >= 0.6 is 0 Å². The summed E-state index contributed by atoms with van der Waals surface area (Å²) in [7, 11) is -3.56. The third kappa shape index (κ3) is 3.43. The van der Waals surface area contributed by atoms with Gasteiger partial charge < -0.3 is 5.11 Å². The molecule has 0 aliphatic heterocycles. The Labute approximate surface area is 106 Å². The van der Waals surface area contributed by atoms with Gasteiger partial charge in [-0.1, -0.05) is 13.0 Å². The molecule has 0 aromatic carbocycles. The van der Waals surface area contributed by atoms with Crippen LogP contribution in [0.25, 0.3) is 0 Å². The number of hydrogen-bond donors (Lipinski definition) is 1. The van der Waals surface area contributed by atoms with Gasteiger partial charge in [-0.15, -0.1) is 0 Å². The van der Waals surface area contributed by atoms with Crippen LogP contribution in [0.5, 0.6) is 0 Å². The quantitative estimate of drug-likeness (QED) is 0.859. The molecule has 0 amide bonds. The van der Waals surface area contributed by atoms with Gasteiger partial charge >= 0.3 is 5.97 Å². The van der Waals surface area contributed by atoms with Gasteiger partial charge in [0.2, 0.25) is 10.0 Å². The summed E-state index contributed by atoms with van der Waals surface area (Å²) in [6.45, 7) is 3.05. The molecule has 0 spiro atoms. The fourth-order valence-electron chi connectivity index (χ4n) is 1.44. The van der Waals surface area contributed by atoms with Crippen molar-refractivity contribution >= 4 is 21.8 Å². The van der Waals surface area contributed by atoms with Gasteiger partial charge in [-0.2, -0.15) is 0 Å². The number of rotatable bonds is 5. The predicted octanol–water partition coefficient (Wildman–Crippen LogP) is 0.877. The molecular weight excluding hydrogens is 256 g/mol. The van der Waals surface area contributed by atoms with Crippen LogP contribution in [-0.4, -0.2) is 37.3 Å². The first kappa shape index (κ1) is 14.4. The molecule has 0 aliphatic carbocycles. The molecule has 0 fully saturated rings. The van der Waals surface area contributed by atoms with Gasteiger partial charge in [-0.25, -0.2) is 13.4 Å². The fraction of sp³-hybridized carbons (Fsp3) is 0.455. The molecule has 1 aromatic heterocycles. The fourth-order valence-corrected chi connectivity index (χ4v) is 2.44. The molecule has 0 bridgehead atoms.